The van der Waals surface area contributed by atoms with Gasteiger partial charge in [0.05, 0.1) is 23.3 Å². The fraction of sp³-hybridized carbons (Fsp3) is 0.471. The highest BCUT2D eigenvalue weighted by Crippen LogP contribution is 2.10. The van der Waals surface area contributed by atoms with Gasteiger partial charge in [0.15, 0.2) is 0 Å². The Hall–Kier alpha value is -2.21. The molecular weight excluding hydrogens is 294 g/mol. The lowest BCUT2D eigenvalue weighted by Gasteiger charge is -2.11. The molecule has 0 spiro atoms. The Morgan fingerprint density at radius 2 is 2.26 bits per heavy atom. The maximum Gasteiger partial charge on any atom is 0.261 e. The molecule has 1 aromatic heterocycles. The standard InChI is InChI=1S/C17H21N3O3/c21-16(18-11-13-5-4-10-23-13)8-3-9-20-12-19-15-7-2-1-6-14(15)17(20)22/h1-2,6-7,12-13H,3-5,8-11H2,(H,18,21). The quantitative estimate of drug-likeness (QED) is 0.876. The van der Waals surface area contributed by atoms with Gasteiger partial charge in [-0.3, -0.25) is 14.2 Å². The van der Waals surface area contributed by atoms with Crippen molar-refractivity contribution >= 4 is 16.8 Å². The molecule has 0 radical (unpaired) electrons. The Kier molecular flexibility index (Phi) is 5.02. The van der Waals surface area contributed by atoms with Gasteiger partial charge in [0.1, 0.15) is 0 Å². The molecule has 0 saturated carbocycles. The van der Waals surface area contributed by atoms with Crippen molar-refractivity contribution in [2.45, 2.75) is 38.3 Å². The summed E-state index contributed by atoms with van der Waals surface area (Å²) in [6.45, 7) is 1.86. The van der Waals surface area contributed by atoms with Gasteiger partial charge in [-0.1, -0.05) is 12.1 Å². The van der Waals surface area contributed by atoms with E-state index in [2.05, 4.69) is 10.3 Å². The van der Waals surface area contributed by atoms with E-state index in [0.717, 1.165) is 19.4 Å². The second-order valence-corrected chi connectivity index (χ2v) is 5.80. The molecular formula is C17H21N3O3. The number of rotatable bonds is 6. The zero-order valence-corrected chi connectivity index (χ0v) is 13.0. The van der Waals surface area contributed by atoms with Crippen LogP contribution in [0.2, 0.25) is 0 Å². The number of aryl methyl sites for hydroxylation is 1. The second-order valence-electron chi connectivity index (χ2n) is 5.80. The first-order chi connectivity index (χ1) is 11.2. The molecule has 1 saturated heterocycles. The lowest BCUT2D eigenvalue weighted by Crippen LogP contribution is -2.32. The van der Waals surface area contributed by atoms with E-state index in [1.54, 1.807) is 17.0 Å². The minimum atomic E-state index is -0.0598. The van der Waals surface area contributed by atoms with Crippen LogP contribution in [-0.2, 0) is 16.1 Å². The number of para-hydroxylation sites is 1. The SMILES string of the molecule is O=C(CCCn1cnc2ccccc2c1=O)NCC1CCCO1. The average Bonchev–Trinajstić information content (AvgIpc) is 3.09. The Labute approximate surface area is 134 Å². The van der Waals surface area contributed by atoms with Crippen LogP contribution in [0.25, 0.3) is 10.9 Å². The highest BCUT2D eigenvalue weighted by molar-refractivity contribution is 5.77. The summed E-state index contributed by atoms with van der Waals surface area (Å²) >= 11 is 0. The number of ether oxygens (including phenoxy) is 1. The third-order valence-electron chi connectivity index (χ3n) is 4.09. The smallest absolute Gasteiger partial charge is 0.261 e. The van der Waals surface area contributed by atoms with E-state index < -0.39 is 0 Å². The molecule has 3 rings (SSSR count). The van der Waals surface area contributed by atoms with Crippen molar-refractivity contribution in [3.05, 3.63) is 40.9 Å². The van der Waals surface area contributed by atoms with Gasteiger partial charge >= 0.3 is 0 Å². The highest BCUT2D eigenvalue weighted by Gasteiger charge is 2.15. The van der Waals surface area contributed by atoms with Crippen LogP contribution in [0.15, 0.2) is 35.4 Å². The van der Waals surface area contributed by atoms with Crippen molar-refractivity contribution in [1.82, 2.24) is 14.9 Å². The Balaban J connectivity index is 1.49. The Morgan fingerprint density at radius 3 is 3.09 bits per heavy atom. The normalized spacial score (nSPS) is 17.5. The largest absolute Gasteiger partial charge is 0.376 e. The first-order valence-corrected chi connectivity index (χ1v) is 8.06. The van der Waals surface area contributed by atoms with Gasteiger partial charge in [-0.05, 0) is 31.4 Å². The molecule has 0 bridgehead atoms. The molecule has 1 aliphatic rings. The zero-order valence-electron chi connectivity index (χ0n) is 13.0. The van der Waals surface area contributed by atoms with Crippen LogP contribution in [0.5, 0.6) is 0 Å². The molecule has 0 aliphatic carbocycles. The van der Waals surface area contributed by atoms with Crippen molar-refractivity contribution in [3.8, 4) is 0 Å². The molecule has 2 aromatic rings. The van der Waals surface area contributed by atoms with Gasteiger partial charge in [0, 0.05) is 26.1 Å². The monoisotopic (exact) mass is 315 g/mol. The van der Waals surface area contributed by atoms with E-state index >= 15 is 0 Å². The minimum absolute atomic E-state index is 0.00213. The van der Waals surface area contributed by atoms with E-state index in [1.807, 2.05) is 18.2 Å². The summed E-state index contributed by atoms with van der Waals surface area (Å²) in [6, 6.07) is 7.28. The van der Waals surface area contributed by atoms with Crippen molar-refractivity contribution in [2.75, 3.05) is 13.2 Å². The molecule has 122 valence electrons. The Morgan fingerprint density at radius 1 is 1.39 bits per heavy atom. The van der Waals surface area contributed by atoms with Gasteiger partial charge in [-0.2, -0.15) is 0 Å². The zero-order chi connectivity index (χ0) is 16.1. The highest BCUT2D eigenvalue weighted by atomic mass is 16.5. The molecule has 1 unspecified atom stereocenters. The lowest BCUT2D eigenvalue weighted by molar-refractivity contribution is -0.121. The summed E-state index contributed by atoms with van der Waals surface area (Å²) in [5.74, 6) is 0.00213. The van der Waals surface area contributed by atoms with Crippen molar-refractivity contribution in [1.29, 1.82) is 0 Å². The number of benzene rings is 1. The second kappa shape index (κ2) is 7.37. The molecule has 1 N–H and O–H groups in total. The van der Waals surface area contributed by atoms with Crippen molar-refractivity contribution < 1.29 is 9.53 Å². The third kappa shape index (κ3) is 3.96. The van der Waals surface area contributed by atoms with Crippen LogP contribution in [-0.4, -0.2) is 34.7 Å². The van der Waals surface area contributed by atoms with Crippen LogP contribution >= 0.6 is 0 Å². The predicted molar refractivity (Wildman–Crippen MR) is 87.2 cm³/mol. The first-order valence-electron chi connectivity index (χ1n) is 8.06. The third-order valence-corrected chi connectivity index (χ3v) is 4.09. The summed E-state index contributed by atoms with van der Waals surface area (Å²) in [5.41, 5.74) is 0.637. The topological polar surface area (TPSA) is 73.2 Å². The molecule has 1 atom stereocenters. The van der Waals surface area contributed by atoms with E-state index in [9.17, 15) is 9.59 Å². The van der Waals surface area contributed by atoms with Gasteiger partial charge in [-0.25, -0.2) is 4.98 Å². The van der Waals surface area contributed by atoms with Gasteiger partial charge < -0.3 is 10.1 Å². The molecule has 1 amide bonds. The molecule has 23 heavy (non-hydrogen) atoms. The number of fused-ring (bicyclic) bond motifs is 1. The number of hydrogen-bond acceptors (Lipinski definition) is 4. The van der Waals surface area contributed by atoms with Gasteiger partial charge in [0.2, 0.25) is 5.91 Å². The number of nitrogens with zero attached hydrogens (tertiary/aromatic N) is 2. The summed E-state index contributed by atoms with van der Waals surface area (Å²) in [5, 5.41) is 3.50. The number of amides is 1. The number of carbonyl (C=O) groups is 1. The van der Waals surface area contributed by atoms with Gasteiger partial charge in [0.25, 0.3) is 5.56 Å². The first kappa shape index (κ1) is 15.7. The molecule has 6 nitrogen and oxygen atoms in total. The maximum atomic E-state index is 12.3. The minimum Gasteiger partial charge on any atom is -0.376 e. The molecule has 6 heteroatoms. The molecule has 1 aromatic carbocycles. The van der Waals surface area contributed by atoms with E-state index in [-0.39, 0.29) is 17.6 Å². The van der Waals surface area contributed by atoms with E-state index in [1.165, 1.54) is 0 Å². The van der Waals surface area contributed by atoms with Crippen LogP contribution in [0.3, 0.4) is 0 Å². The van der Waals surface area contributed by atoms with E-state index in [4.69, 9.17) is 4.74 Å². The van der Waals surface area contributed by atoms with Crippen LogP contribution in [0.1, 0.15) is 25.7 Å². The van der Waals surface area contributed by atoms with Gasteiger partial charge in [-0.15, -0.1) is 0 Å². The maximum absolute atomic E-state index is 12.3. The van der Waals surface area contributed by atoms with Crippen molar-refractivity contribution in [3.63, 3.8) is 0 Å². The summed E-state index contributed by atoms with van der Waals surface area (Å²) < 4.78 is 7.03. The number of aromatic nitrogens is 2. The fourth-order valence-corrected chi connectivity index (χ4v) is 2.80. The summed E-state index contributed by atoms with van der Waals surface area (Å²) in [6.07, 6.45) is 4.79. The lowest BCUT2D eigenvalue weighted by atomic mass is 10.2. The number of hydrogen-bond donors (Lipinski definition) is 1. The fourth-order valence-electron chi connectivity index (χ4n) is 2.80. The number of carbonyl (C=O) groups excluding carboxylic acids is 1. The van der Waals surface area contributed by atoms with Crippen LogP contribution < -0.4 is 10.9 Å². The molecule has 1 fully saturated rings. The molecule has 2 heterocycles. The van der Waals surface area contributed by atoms with E-state index in [0.29, 0.717) is 36.8 Å². The van der Waals surface area contributed by atoms with Crippen molar-refractivity contribution in [2.24, 2.45) is 0 Å². The average molecular weight is 315 g/mol. The number of nitrogens with one attached hydrogen (secondary N) is 1. The summed E-state index contributed by atoms with van der Waals surface area (Å²) in [7, 11) is 0. The molecule has 1 aliphatic heterocycles. The van der Waals surface area contributed by atoms with Crippen LogP contribution in [0.4, 0.5) is 0 Å². The summed E-state index contributed by atoms with van der Waals surface area (Å²) in [4.78, 5) is 28.4. The predicted octanol–water partition coefficient (Wildman–Crippen LogP) is 1.47. The van der Waals surface area contributed by atoms with Crippen LogP contribution in [0, 0.1) is 0 Å². The Bertz CT molecular complexity index is 735.